The fourth-order valence-electron chi connectivity index (χ4n) is 1.80. The molecule has 1 heterocycles. The number of carbonyl (C=O) groups is 1. The van der Waals surface area contributed by atoms with Gasteiger partial charge < -0.3 is 9.84 Å². The molecule has 2 atom stereocenters. The third kappa shape index (κ3) is 2.64. The van der Waals surface area contributed by atoms with Gasteiger partial charge in [0, 0.05) is 13.0 Å². The SMILES string of the molecule is CC(O)C1(F)CCCN1C(=O)OC(C)(C)C. The molecule has 5 heteroatoms. The zero-order chi connectivity index (χ0) is 12.6. The number of alkyl halides is 1. The molecule has 1 amide bonds. The van der Waals surface area contributed by atoms with Gasteiger partial charge in [-0.15, -0.1) is 0 Å². The minimum atomic E-state index is -1.98. The Hall–Kier alpha value is -0.840. The first-order valence-corrected chi connectivity index (χ1v) is 5.54. The van der Waals surface area contributed by atoms with Crippen LogP contribution in [0.25, 0.3) is 0 Å². The smallest absolute Gasteiger partial charge is 0.412 e. The molecule has 94 valence electrons. The minimum absolute atomic E-state index is 0.157. The van der Waals surface area contributed by atoms with E-state index in [-0.39, 0.29) is 13.0 Å². The number of rotatable bonds is 1. The van der Waals surface area contributed by atoms with E-state index in [0.29, 0.717) is 6.42 Å². The summed E-state index contributed by atoms with van der Waals surface area (Å²) in [6.07, 6.45) is -1.21. The van der Waals surface area contributed by atoms with Crippen molar-refractivity contribution >= 4 is 6.09 Å². The number of hydrogen-bond acceptors (Lipinski definition) is 3. The van der Waals surface area contributed by atoms with E-state index in [1.165, 1.54) is 6.92 Å². The van der Waals surface area contributed by atoms with Crippen molar-refractivity contribution in [2.75, 3.05) is 6.54 Å². The van der Waals surface area contributed by atoms with Gasteiger partial charge in [-0.3, -0.25) is 4.90 Å². The summed E-state index contributed by atoms with van der Waals surface area (Å²) < 4.78 is 19.4. The highest BCUT2D eigenvalue weighted by Gasteiger charge is 2.49. The van der Waals surface area contributed by atoms with Gasteiger partial charge in [-0.05, 0) is 34.1 Å². The molecule has 1 aliphatic heterocycles. The van der Waals surface area contributed by atoms with Crippen LogP contribution in [0, 0.1) is 0 Å². The third-order valence-electron chi connectivity index (χ3n) is 2.61. The standard InChI is InChI=1S/C11H20FNO3/c1-8(14)11(12)6-5-7-13(11)9(15)16-10(2,3)4/h8,14H,5-7H2,1-4H3. The summed E-state index contributed by atoms with van der Waals surface area (Å²) >= 11 is 0. The van der Waals surface area contributed by atoms with Crippen molar-refractivity contribution in [2.45, 2.75) is 58.0 Å². The molecule has 16 heavy (non-hydrogen) atoms. The molecule has 0 saturated carbocycles. The zero-order valence-corrected chi connectivity index (χ0v) is 10.3. The zero-order valence-electron chi connectivity index (χ0n) is 10.3. The topological polar surface area (TPSA) is 49.8 Å². The second-order valence-electron chi connectivity index (χ2n) is 5.23. The van der Waals surface area contributed by atoms with Crippen LogP contribution in [0.4, 0.5) is 9.18 Å². The number of carbonyl (C=O) groups excluding carboxylic acids is 1. The summed E-state index contributed by atoms with van der Waals surface area (Å²) in [6.45, 7) is 6.81. The Kier molecular flexibility index (Phi) is 3.47. The van der Waals surface area contributed by atoms with E-state index in [4.69, 9.17) is 4.74 Å². The number of aliphatic hydroxyl groups excluding tert-OH is 1. The van der Waals surface area contributed by atoms with Gasteiger partial charge >= 0.3 is 6.09 Å². The van der Waals surface area contributed by atoms with Gasteiger partial charge in [0.1, 0.15) is 11.7 Å². The maximum absolute atomic E-state index is 14.3. The van der Waals surface area contributed by atoms with Crippen molar-refractivity contribution in [1.82, 2.24) is 4.90 Å². The highest BCUT2D eigenvalue weighted by molar-refractivity contribution is 5.69. The number of hydrogen-bond donors (Lipinski definition) is 1. The van der Waals surface area contributed by atoms with Gasteiger partial charge in [0.15, 0.2) is 0 Å². The quantitative estimate of drug-likeness (QED) is 0.705. The van der Waals surface area contributed by atoms with E-state index in [1.807, 2.05) is 0 Å². The molecule has 1 rings (SSSR count). The van der Waals surface area contributed by atoms with Crippen LogP contribution in [0.3, 0.4) is 0 Å². The van der Waals surface area contributed by atoms with E-state index in [9.17, 15) is 14.3 Å². The maximum atomic E-state index is 14.3. The predicted octanol–water partition coefficient (Wildman–Crippen LogP) is 2.06. The van der Waals surface area contributed by atoms with Crippen LogP contribution in [0.5, 0.6) is 0 Å². The lowest BCUT2D eigenvalue weighted by atomic mass is 10.1. The molecule has 1 saturated heterocycles. The lowest BCUT2D eigenvalue weighted by Crippen LogP contribution is -2.52. The molecule has 0 aliphatic carbocycles. The summed E-state index contributed by atoms with van der Waals surface area (Å²) in [5, 5.41) is 9.40. The highest BCUT2D eigenvalue weighted by atomic mass is 19.1. The largest absolute Gasteiger partial charge is 0.444 e. The van der Waals surface area contributed by atoms with Crippen molar-refractivity contribution in [3.8, 4) is 0 Å². The van der Waals surface area contributed by atoms with Gasteiger partial charge in [0.2, 0.25) is 5.79 Å². The van der Waals surface area contributed by atoms with Crippen molar-refractivity contribution in [2.24, 2.45) is 0 Å². The minimum Gasteiger partial charge on any atom is -0.444 e. The third-order valence-corrected chi connectivity index (χ3v) is 2.61. The molecule has 0 bridgehead atoms. The molecule has 1 N–H and O–H groups in total. The van der Waals surface area contributed by atoms with E-state index in [1.54, 1.807) is 20.8 Å². The Morgan fingerprint density at radius 2 is 2.12 bits per heavy atom. The summed E-state index contributed by atoms with van der Waals surface area (Å²) in [6, 6.07) is 0. The van der Waals surface area contributed by atoms with Crippen molar-refractivity contribution in [3.05, 3.63) is 0 Å². The molecule has 0 aromatic carbocycles. The molecule has 0 aromatic heterocycles. The van der Waals surface area contributed by atoms with Crippen LogP contribution in [0.15, 0.2) is 0 Å². The molecular weight excluding hydrogens is 213 g/mol. The van der Waals surface area contributed by atoms with Crippen LogP contribution in [-0.2, 0) is 4.74 Å². The first-order valence-electron chi connectivity index (χ1n) is 5.54. The van der Waals surface area contributed by atoms with E-state index in [0.717, 1.165) is 4.90 Å². The maximum Gasteiger partial charge on any atom is 0.412 e. The summed E-state index contributed by atoms with van der Waals surface area (Å²) in [7, 11) is 0. The molecule has 1 aliphatic rings. The van der Waals surface area contributed by atoms with Crippen LogP contribution >= 0.6 is 0 Å². The van der Waals surface area contributed by atoms with Crippen molar-refractivity contribution in [1.29, 1.82) is 0 Å². The molecular formula is C11H20FNO3. The summed E-state index contributed by atoms with van der Waals surface area (Å²) in [5.74, 6) is -1.98. The van der Waals surface area contributed by atoms with Crippen LogP contribution < -0.4 is 0 Å². The Morgan fingerprint density at radius 3 is 2.56 bits per heavy atom. The van der Waals surface area contributed by atoms with E-state index >= 15 is 0 Å². The average Bonchev–Trinajstić information content (AvgIpc) is 2.45. The van der Waals surface area contributed by atoms with Gasteiger partial charge in [0.05, 0.1) is 0 Å². The highest BCUT2D eigenvalue weighted by Crippen LogP contribution is 2.35. The van der Waals surface area contributed by atoms with Crippen molar-refractivity contribution in [3.63, 3.8) is 0 Å². The van der Waals surface area contributed by atoms with Crippen molar-refractivity contribution < 1.29 is 19.0 Å². The van der Waals surface area contributed by atoms with Crippen LogP contribution in [-0.4, -0.2) is 40.1 Å². The summed E-state index contributed by atoms with van der Waals surface area (Å²) in [5.41, 5.74) is -0.653. The Balaban J connectivity index is 2.76. The first-order chi connectivity index (χ1) is 7.17. The Labute approximate surface area is 95.4 Å². The van der Waals surface area contributed by atoms with Gasteiger partial charge in [-0.2, -0.15) is 0 Å². The monoisotopic (exact) mass is 233 g/mol. The second kappa shape index (κ2) is 4.20. The predicted molar refractivity (Wildman–Crippen MR) is 57.7 cm³/mol. The number of likely N-dealkylation sites (tertiary alicyclic amines) is 1. The lowest BCUT2D eigenvalue weighted by molar-refractivity contribution is -0.0931. The summed E-state index contributed by atoms with van der Waals surface area (Å²) in [4.78, 5) is 12.7. The van der Waals surface area contributed by atoms with E-state index in [2.05, 4.69) is 0 Å². The lowest BCUT2D eigenvalue weighted by Gasteiger charge is -2.34. The fourth-order valence-corrected chi connectivity index (χ4v) is 1.80. The van der Waals surface area contributed by atoms with Gasteiger partial charge in [0.25, 0.3) is 0 Å². The van der Waals surface area contributed by atoms with Crippen LogP contribution in [0.2, 0.25) is 0 Å². The number of aliphatic hydroxyl groups is 1. The number of ether oxygens (including phenoxy) is 1. The van der Waals surface area contributed by atoms with E-state index < -0.39 is 23.6 Å². The van der Waals surface area contributed by atoms with Gasteiger partial charge in [-0.25, -0.2) is 9.18 Å². The second-order valence-corrected chi connectivity index (χ2v) is 5.23. The number of nitrogens with zero attached hydrogens (tertiary/aromatic N) is 1. The molecule has 0 radical (unpaired) electrons. The average molecular weight is 233 g/mol. The number of amides is 1. The molecule has 4 nitrogen and oxygen atoms in total. The fraction of sp³-hybridized carbons (Fsp3) is 0.909. The van der Waals surface area contributed by atoms with Gasteiger partial charge in [-0.1, -0.05) is 0 Å². The molecule has 0 spiro atoms. The number of halogens is 1. The first kappa shape index (κ1) is 13.2. The van der Waals surface area contributed by atoms with Crippen LogP contribution in [0.1, 0.15) is 40.5 Å². The Bertz CT molecular complexity index is 275. The molecule has 0 aromatic rings. The molecule has 2 unspecified atom stereocenters. The molecule has 1 fully saturated rings. The Morgan fingerprint density at radius 1 is 1.56 bits per heavy atom. The normalized spacial score (nSPS) is 28.0.